The quantitative estimate of drug-likeness (QED) is 0.291. The van der Waals surface area contributed by atoms with Gasteiger partial charge in [0.15, 0.2) is 6.10 Å². The number of carbonyl (C=O) groups is 4. The van der Waals surface area contributed by atoms with Gasteiger partial charge < -0.3 is 10.1 Å². The third kappa shape index (κ3) is 5.27. The first-order valence-electron chi connectivity index (χ1n) is 9.53. The van der Waals surface area contributed by atoms with Crippen LogP contribution in [0.15, 0.2) is 42.5 Å². The van der Waals surface area contributed by atoms with Crippen molar-refractivity contribution in [1.29, 1.82) is 0 Å². The van der Waals surface area contributed by atoms with Gasteiger partial charge in [0.1, 0.15) is 0 Å². The molecule has 3 rings (SSSR count). The number of anilines is 1. The predicted octanol–water partition coefficient (Wildman–Crippen LogP) is 3.08. The Morgan fingerprint density at radius 2 is 1.78 bits per heavy atom. The number of nitrogens with one attached hydrogen (secondary N) is 1. The van der Waals surface area contributed by atoms with E-state index in [0.29, 0.717) is 5.56 Å². The fourth-order valence-corrected chi connectivity index (χ4v) is 3.13. The maximum absolute atomic E-state index is 12.3. The lowest BCUT2D eigenvalue weighted by atomic mass is 10.1. The number of likely N-dealkylation sites (tertiary alicyclic amines) is 1. The fraction of sp³-hybridized carbons (Fsp3) is 0.238. The van der Waals surface area contributed by atoms with Crippen LogP contribution in [-0.2, 0) is 25.7 Å². The zero-order valence-electron chi connectivity index (χ0n) is 16.9. The summed E-state index contributed by atoms with van der Waals surface area (Å²) in [7, 11) is 0. The van der Waals surface area contributed by atoms with E-state index < -0.39 is 22.9 Å². The number of hydrogen-bond donors (Lipinski definition) is 1. The van der Waals surface area contributed by atoms with Crippen molar-refractivity contribution in [3.63, 3.8) is 0 Å². The van der Waals surface area contributed by atoms with E-state index >= 15 is 0 Å². The number of ether oxygens (including phenoxy) is 1. The second-order valence-electron chi connectivity index (χ2n) is 7.03. The van der Waals surface area contributed by atoms with E-state index in [4.69, 9.17) is 16.3 Å². The number of imide groups is 1. The van der Waals surface area contributed by atoms with Crippen LogP contribution in [0.3, 0.4) is 0 Å². The van der Waals surface area contributed by atoms with Gasteiger partial charge in [-0.05, 0) is 30.7 Å². The zero-order chi connectivity index (χ0) is 23.4. The zero-order valence-corrected chi connectivity index (χ0v) is 17.6. The fourth-order valence-electron chi connectivity index (χ4n) is 2.97. The van der Waals surface area contributed by atoms with Crippen LogP contribution in [0, 0.1) is 10.1 Å². The molecule has 166 valence electrons. The Labute approximate surface area is 187 Å². The standard InChI is InChI=1S/C21H18ClN3O7/c1-12(20(28)23-17-10-15(25(30)31)6-7-16(17)22)32-21(29)14-4-2-13(3-5-14)11-24-18(26)8-9-19(24)27/h2-7,10,12H,8-9,11H2,1H3,(H,23,28)/t12-/m1/s1. The van der Waals surface area contributed by atoms with Crippen LogP contribution < -0.4 is 5.32 Å². The highest BCUT2D eigenvalue weighted by Crippen LogP contribution is 2.27. The molecule has 1 atom stereocenters. The van der Waals surface area contributed by atoms with Crippen LogP contribution in [-0.4, -0.2) is 39.6 Å². The second kappa shape index (κ2) is 9.56. The number of rotatable bonds is 7. The van der Waals surface area contributed by atoms with Crippen molar-refractivity contribution in [2.45, 2.75) is 32.4 Å². The first kappa shape index (κ1) is 22.9. The molecule has 1 heterocycles. The number of nitro benzene ring substituents is 1. The van der Waals surface area contributed by atoms with Crippen LogP contribution >= 0.6 is 11.6 Å². The second-order valence-corrected chi connectivity index (χ2v) is 7.44. The van der Waals surface area contributed by atoms with E-state index in [2.05, 4.69) is 5.32 Å². The molecule has 2 aromatic rings. The molecule has 2 aromatic carbocycles. The Hall–Kier alpha value is -3.79. The Morgan fingerprint density at radius 1 is 1.16 bits per heavy atom. The molecule has 11 heteroatoms. The summed E-state index contributed by atoms with van der Waals surface area (Å²) >= 11 is 5.95. The highest BCUT2D eigenvalue weighted by atomic mass is 35.5. The summed E-state index contributed by atoms with van der Waals surface area (Å²) in [6, 6.07) is 9.67. The van der Waals surface area contributed by atoms with Crippen LogP contribution in [0.25, 0.3) is 0 Å². The molecule has 0 spiro atoms. The van der Waals surface area contributed by atoms with Crippen molar-refractivity contribution >= 4 is 46.7 Å². The summed E-state index contributed by atoms with van der Waals surface area (Å²) in [5.74, 6) is -1.95. The van der Waals surface area contributed by atoms with Crippen LogP contribution in [0.4, 0.5) is 11.4 Å². The van der Waals surface area contributed by atoms with E-state index in [9.17, 15) is 29.3 Å². The van der Waals surface area contributed by atoms with Crippen molar-refractivity contribution < 1.29 is 28.8 Å². The Morgan fingerprint density at radius 3 is 2.38 bits per heavy atom. The molecular weight excluding hydrogens is 442 g/mol. The van der Waals surface area contributed by atoms with Gasteiger partial charge in [0.25, 0.3) is 11.6 Å². The van der Waals surface area contributed by atoms with E-state index in [0.717, 1.165) is 6.07 Å². The van der Waals surface area contributed by atoms with Crippen LogP contribution in [0.5, 0.6) is 0 Å². The van der Waals surface area contributed by atoms with Gasteiger partial charge in [0, 0.05) is 25.0 Å². The van der Waals surface area contributed by atoms with Gasteiger partial charge in [-0.1, -0.05) is 23.7 Å². The molecule has 0 aliphatic carbocycles. The summed E-state index contributed by atoms with van der Waals surface area (Å²) in [6.45, 7) is 1.47. The third-order valence-corrected chi connectivity index (χ3v) is 5.09. The summed E-state index contributed by atoms with van der Waals surface area (Å²) in [5.41, 5.74) is 0.591. The van der Waals surface area contributed by atoms with Gasteiger partial charge in [-0.25, -0.2) is 4.79 Å². The van der Waals surface area contributed by atoms with Crippen molar-refractivity contribution in [2.24, 2.45) is 0 Å². The molecule has 1 fully saturated rings. The molecule has 0 aromatic heterocycles. The van der Waals surface area contributed by atoms with Gasteiger partial charge in [0.2, 0.25) is 11.8 Å². The van der Waals surface area contributed by atoms with Gasteiger partial charge in [-0.15, -0.1) is 0 Å². The van der Waals surface area contributed by atoms with Crippen molar-refractivity contribution in [1.82, 2.24) is 4.90 Å². The van der Waals surface area contributed by atoms with Crippen LogP contribution in [0.2, 0.25) is 5.02 Å². The molecule has 32 heavy (non-hydrogen) atoms. The number of non-ortho nitro benzene ring substituents is 1. The minimum Gasteiger partial charge on any atom is -0.449 e. The number of benzene rings is 2. The smallest absolute Gasteiger partial charge is 0.338 e. The Balaban J connectivity index is 1.60. The SMILES string of the molecule is C[C@@H](OC(=O)c1ccc(CN2C(=O)CCC2=O)cc1)C(=O)Nc1cc([N+](=O)[O-])ccc1Cl. The number of carbonyl (C=O) groups excluding carboxylic acids is 4. The largest absolute Gasteiger partial charge is 0.449 e. The average molecular weight is 460 g/mol. The molecule has 0 radical (unpaired) electrons. The molecule has 1 aliphatic heterocycles. The minimum atomic E-state index is -1.21. The number of halogens is 1. The molecule has 1 saturated heterocycles. The van der Waals surface area contributed by atoms with Gasteiger partial charge >= 0.3 is 5.97 Å². The molecule has 1 N–H and O–H groups in total. The first-order chi connectivity index (χ1) is 15.2. The maximum atomic E-state index is 12.3. The average Bonchev–Trinajstić information content (AvgIpc) is 3.07. The van der Waals surface area contributed by atoms with Gasteiger partial charge in [-0.2, -0.15) is 0 Å². The lowest BCUT2D eigenvalue weighted by molar-refractivity contribution is -0.384. The van der Waals surface area contributed by atoms with Crippen molar-refractivity contribution in [3.05, 3.63) is 68.7 Å². The van der Waals surface area contributed by atoms with E-state index in [1.54, 1.807) is 12.1 Å². The van der Waals surface area contributed by atoms with Crippen molar-refractivity contribution in [2.75, 3.05) is 5.32 Å². The number of esters is 1. The number of amides is 3. The Bertz CT molecular complexity index is 1090. The number of hydrogen-bond acceptors (Lipinski definition) is 7. The number of nitrogens with zero attached hydrogens (tertiary/aromatic N) is 2. The number of nitro groups is 1. The van der Waals surface area contributed by atoms with Gasteiger partial charge in [-0.3, -0.25) is 29.4 Å². The molecule has 3 amide bonds. The molecule has 0 saturated carbocycles. The summed E-state index contributed by atoms with van der Waals surface area (Å²) in [5, 5.41) is 13.4. The normalized spacial score (nSPS) is 14.2. The molecular formula is C21H18ClN3O7. The van der Waals surface area contributed by atoms with Gasteiger partial charge in [0.05, 0.1) is 27.7 Å². The van der Waals surface area contributed by atoms with E-state index in [1.807, 2.05) is 0 Å². The minimum absolute atomic E-state index is 0.0177. The summed E-state index contributed by atoms with van der Waals surface area (Å²) in [6.07, 6.45) is -0.813. The first-order valence-corrected chi connectivity index (χ1v) is 9.91. The molecule has 0 unspecified atom stereocenters. The topological polar surface area (TPSA) is 136 Å². The molecule has 10 nitrogen and oxygen atoms in total. The molecule has 1 aliphatic rings. The predicted molar refractivity (Wildman–Crippen MR) is 113 cm³/mol. The highest BCUT2D eigenvalue weighted by molar-refractivity contribution is 6.33. The monoisotopic (exact) mass is 459 g/mol. The summed E-state index contributed by atoms with van der Waals surface area (Å²) < 4.78 is 5.15. The van der Waals surface area contributed by atoms with Crippen molar-refractivity contribution in [3.8, 4) is 0 Å². The highest BCUT2D eigenvalue weighted by Gasteiger charge is 2.28. The maximum Gasteiger partial charge on any atom is 0.338 e. The van der Waals surface area contributed by atoms with E-state index in [-0.39, 0.29) is 53.2 Å². The lowest BCUT2D eigenvalue weighted by Crippen LogP contribution is -2.30. The van der Waals surface area contributed by atoms with Crippen LogP contribution in [0.1, 0.15) is 35.7 Å². The summed E-state index contributed by atoms with van der Waals surface area (Å²) in [4.78, 5) is 59.5. The molecule has 0 bridgehead atoms. The lowest BCUT2D eigenvalue weighted by Gasteiger charge is -2.15. The third-order valence-electron chi connectivity index (χ3n) is 4.76. The Kier molecular flexibility index (Phi) is 6.84. The van der Waals surface area contributed by atoms with E-state index in [1.165, 1.54) is 36.1 Å².